The first kappa shape index (κ1) is 23.4. The van der Waals surface area contributed by atoms with E-state index in [9.17, 15) is 9.90 Å². The Labute approximate surface area is 199 Å². The van der Waals surface area contributed by atoms with E-state index in [1.807, 2.05) is 25.1 Å². The lowest BCUT2D eigenvalue weighted by Gasteiger charge is -2.35. The lowest BCUT2D eigenvalue weighted by Crippen LogP contribution is -2.46. The second-order valence-electron chi connectivity index (χ2n) is 8.25. The van der Waals surface area contributed by atoms with E-state index in [2.05, 4.69) is 36.4 Å². The van der Waals surface area contributed by atoms with E-state index in [0.29, 0.717) is 12.2 Å². The number of hydrogen-bond donors (Lipinski definition) is 2. The van der Waals surface area contributed by atoms with Gasteiger partial charge in [-0.1, -0.05) is 19.1 Å². The van der Waals surface area contributed by atoms with Crippen LogP contribution in [0, 0.1) is 0 Å². The molecule has 1 aliphatic rings. The molecule has 1 saturated heterocycles. The van der Waals surface area contributed by atoms with Crippen molar-refractivity contribution in [2.75, 3.05) is 44.7 Å². The number of benzene rings is 1. The molecule has 0 bridgehead atoms. The topological polar surface area (TPSA) is 104 Å². The van der Waals surface area contributed by atoms with Crippen LogP contribution in [0.25, 0.3) is 11.1 Å². The van der Waals surface area contributed by atoms with Gasteiger partial charge in [-0.3, -0.25) is 14.7 Å². The maximum Gasteiger partial charge on any atom is 0.271 e. The van der Waals surface area contributed by atoms with Crippen molar-refractivity contribution in [1.82, 2.24) is 25.4 Å². The Balaban J connectivity index is 1.35. The zero-order chi connectivity index (χ0) is 23.9. The number of aromatic hydroxyl groups is 1. The van der Waals surface area contributed by atoms with Gasteiger partial charge in [0.2, 0.25) is 0 Å². The van der Waals surface area contributed by atoms with Crippen LogP contribution in [0.3, 0.4) is 0 Å². The van der Waals surface area contributed by atoms with Crippen molar-refractivity contribution in [1.29, 1.82) is 0 Å². The van der Waals surface area contributed by atoms with Gasteiger partial charge in [0.15, 0.2) is 11.5 Å². The largest absolute Gasteiger partial charge is 0.506 e. The lowest BCUT2D eigenvalue weighted by molar-refractivity contribution is 0.0947. The highest BCUT2D eigenvalue weighted by molar-refractivity contribution is 5.92. The summed E-state index contributed by atoms with van der Waals surface area (Å²) < 4.78 is 5.65. The van der Waals surface area contributed by atoms with Gasteiger partial charge < -0.3 is 20.1 Å². The van der Waals surface area contributed by atoms with Gasteiger partial charge in [-0.05, 0) is 36.2 Å². The van der Waals surface area contributed by atoms with E-state index < -0.39 is 0 Å². The number of piperazine rings is 1. The fraction of sp³-hybridized carbons (Fsp3) is 0.360. The first-order chi connectivity index (χ1) is 16.6. The average Bonchev–Trinajstić information content (AvgIpc) is 2.88. The number of aromatic nitrogens is 3. The Kier molecular flexibility index (Phi) is 7.54. The zero-order valence-corrected chi connectivity index (χ0v) is 19.6. The molecule has 178 valence electrons. The number of nitrogens with zero attached hydrogens (tertiary/aromatic N) is 5. The van der Waals surface area contributed by atoms with E-state index in [1.54, 1.807) is 25.4 Å². The molecule has 1 amide bonds. The number of carbonyl (C=O) groups is 1. The molecule has 3 aromatic rings. The Bertz CT molecular complexity index is 1110. The summed E-state index contributed by atoms with van der Waals surface area (Å²) in [6, 6.07) is 11.4. The molecule has 4 rings (SSSR count). The van der Waals surface area contributed by atoms with Crippen molar-refractivity contribution in [2.24, 2.45) is 0 Å². The van der Waals surface area contributed by atoms with Crippen molar-refractivity contribution in [3.05, 3.63) is 60.0 Å². The predicted molar refractivity (Wildman–Crippen MR) is 130 cm³/mol. The summed E-state index contributed by atoms with van der Waals surface area (Å²) in [4.78, 5) is 20.6. The Morgan fingerprint density at radius 1 is 1.06 bits per heavy atom. The van der Waals surface area contributed by atoms with Gasteiger partial charge in [0.05, 0.1) is 13.3 Å². The van der Waals surface area contributed by atoms with Crippen LogP contribution in [0.1, 0.15) is 29.4 Å². The number of methoxy groups -OCH3 is 1. The minimum atomic E-state index is -0.189. The number of pyridine rings is 1. The van der Waals surface area contributed by atoms with E-state index in [-0.39, 0.29) is 11.7 Å². The smallest absolute Gasteiger partial charge is 0.271 e. The highest BCUT2D eigenvalue weighted by Gasteiger charge is 2.20. The molecule has 0 spiro atoms. The molecule has 3 heterocycles. The van der Waals surface area contributed by atoms with Crippen LogP contribution in [0.15, 0.2) is 48.8 Å². The van der Waals surface area contributed by atoms with E-state index >= 15 is 0 Å². The highest BCUT2D eigenvalue weighted by Crippen LogP contribution is 2.29. The van der Waals surface area contributed by atoms with Crippen molar-refractivity contribution < 1.29 is 14.6 Å². The van der Waals surface area contributed by atoms with Crippen LogP contribution in [0.2, 0.25) is 0 Å². The molecule has 1 aliphatic heterocycles. The number of ether oxygens (including phenoxy) is 1. The van der Waals surface area contributed by atoms with Crippen LogP contribution in [0.4, 0.5) is 5.82 Å². The van der Waals surface area contributed by atoms with Gasteiger partial charge in [-0.2, -0.15) is 0 Å². The molecular weight excluding hydrogens is 432 g/mol. The molecule has 9 heteroatoms. The molecule has 1 aromatic carbocycles. The summed E-state index contributed by atoms with van der Waals surface area (Å²) in [5.41, 5.74) is 3.23. The van der Waals surface area contributed by atoms with Crippen molar-refractivity contribution >= 4 is 11.7 Å². The molecule has 1 fully saturated rings. The monoisotopic (exact) mass is 462 g/mol. The molecule has 0 unspecified atom stereocenters. The number of carbonyl (C=O) groups excluding carboxylic acids is 1. The van der Waals surface area contributed by atoms with Gasteiger partial charge in [0.25, 0.3) is 5.91 Å². The first-order valence-corrected chi connectivity index (χ1v) is 11.5. The number of rotatable bonds is 8. The molecule has 0 aliphatic carbocycles. The minimum absolute atomic E-state index is 0.137. The molecule has 2 aromatic heterocycles. The standard InChI is InChI=1S/C25H30N6O3/c1-3-8-27-25(33)22-6-7-24(29-28-22)31-11-9-30(10-12-31)17-19-5-4-18(14-23(19)34-2)20-13-21(32)16-26-15-20/h4-7,13-16,32H,3,8-12,17H2,1-2H3,(H,27,33). The van der Waals surface area contributed by atoms with E-state index in [1.165, 1.54) is 6.20 Å². The Morgan fingerprint density at radius 2 is 1.88 bits per heavy atom. The summed E-state index contributed by atoms with van der Waals surface area (Å²) in [6.45, 7) is 6.82. The normalized spacial score (nSPS) is 14.1. The molecule has 2 N–H and O–H groups in total. The van der Waals surface area contributed by atoms with Crippen LogP contribution < -0.4 is 15.0 Å². The SMILES string of the molecule is CCCNC(=O)c1ccc(N2CCN(Cc3ccc(-c4cncc(O)c4)cc3OC)CC2)nn1. The van der Waals surface area contributed by atoms with Gasteiger partial charge in [-0.25, -0.2) is 0 Å². The Morgan fingerprint density at radius 3 is 2.56 bits per heavy atom. The van der Waals surface area contributed by atoms with Gasteiger partial charge >= 0.3 is 0 Å². The second kappa shape index (κ2) is 10.9. The number of amides is 1. The van der Waals surface area contributed by atoms with Crippen LogP contribution in [-0.4, -0.2) is 70.9 Å². The first-order valence-electron chi connectivity index (χ1n) is 11.5. The summed E-state index contributed by atoms with van der Waals surface area (Å²) in [5.74, 6) is 1.54. The third kappa shape index (κ3) is 5.60. The van der Waals surface area contributed by atoms with Crippen LogP contribution in [-0.2, 0) is 6.54 Å². The summed E-state index contributed by atoms with van der Waals surface area (Å²) in [7, 11) is 1.67. The van der Waals surface area contributed by atoms with E-state index in [4.69, 9.17) is 4.74 Å². The number of hydrogen-bond acceptors (Lipinski definition) is 8. The van der Waals surface area contributed by atoms with Crippen LogP contribution in [0.5, 0.6) is 11.5 Å². The molecular formula is C25H30N6O3. The fourth-order valence-electron chi connectivity index (χ4n) is 3.96. The van der Waals surface area contributed by atoms with Gasteiger partial charge in [0.1, 0.15) is 11.5 Å². The molecule has 0 saturated carbocycles. The number of nitrogens with one attached hydrogen (secondary N) is 1. The second-order valence-corrected chi connectivity index (χ2v) is 8.25. The highest BCUT2D eigenvalue weighted by atomic mass is 16.5. The van der Waals surface area contributed by atoms with Crippen molar-refractivity contribution in [3.8, 4) is 22.6 Å². The summed E-state index contributed by atoms with van der Waals surface area (Å²) in [5, 5.41) is 20.9. The minimum Gasteiger partial charge on any atom is -0.506 e. The average molecular weight is 463 g/mol. The predicted octanol–water partition coefficient (Wildman–Crippen LogP) is 2.71. The van der Waals surface area contributed by atoms with Crippen molar-refractivity contribution in [3.63, 3.8) is 0 Å². The maximum atomic E-state index is 12.0. The van der Waals surface area contributed by atoms with Gasteiger partial charge in [-0.15, -0.1) is 10.2 Å². The Hall–Kier alpha value is -3.72. The maximum absolute atomic E-state index is 12.0. The van der Waals surface area contributed by atoms with Crippen molar-refractivity contribution in [2.45, 2.75) is 19.9 Å². The van der Waals surface area contributed by atoms with E-state index in [0.717, 1.165) is 67.4 Å². The molecule has 34 heavy (non-hydrogen) atoms. The van der Waals surface area contributed by atoms with Crippen LogP contribution >= 0.6 is 0 Å². The zero-order valence-electron chi connectivity index (χ0n) is 19.6. The third-order valence-corrected chi connectivity index (χ3v) is 5.85. The fourth-order valence-corrected chi connectivity index (χ4v) is 3.96. The lowest BCUT2D eigenvalue weighted by atomic mass is 10.0. The quantitative estimate of drug-likeness (QED) is 0.527. The number of anilines is 1. The summed E-state index contributed by atoms with van der Waals surface area (Å²) in [6.07, 6.45) is 4.02. The summed E-state index contributed by atoms with van der Waals surface area (Å²) >= 11 is 0. The van der Waals surface area contributed by atoms with Gasteiger partial charge in [0, 0.05) is 56.6 Å². The molecule has 0 atom stereocenters. The molecule has 0 radical (unpaired) electrons. The third-order valence-electron chi connectivity index (χ3n) is 5.85. The molecule has 9 nitrogen and oxygen atoms in total.